The third-order valence-electron chi connectivity index (χ3n) is 2.41. The summed E-state index contributed by atoms with van der Waals surface area (Å²) in [4.78, 5) is 11.0. The number of alkyl halides is 3. The number of halogens is 5. The number of aromatic nitrogens is 3. The van der Waals surface area contributed by atoms with Crippen molar-refractivity contribution in [1.82, 2.24) is 15.0 Å². The number of carbonyl (C=O) groups excluding carboxylic acids is 1. The molecule has 2 rings (SSSR count). The van der Waals surface area contributed by atoms with E-state index in [1.165, 1.54) is 0 Å². The lowest BCUT2D eigenvalue weighted by atomic mass is 10.2. The molecule has 0 spiro atoms. The van der Waals surface area contributed by atoms with Gasteiger partial charge in [-0.25, -0.2) is 4.68 Å². The average Bonchev–Trinajstić information content (AvgIpc) is 2.80. The number of Topliss-reactive ketones (excluding diaryl/α,β-unsaturated/α-hetero) is 1. The van der Waals surface area contributed by atoms with Crippen LogP contribution in [0.4, 0.5) is 13.2 Å². The van der Waals surface area contributed by atoms with Gasteiger partial charge in [0.25, 0.3) is 5.78 Å². The van der Waals surface area contributed by atoms with Gasteiger partial charge < -0.3 is 0 Å². The minimum absolute atomic E-state index is 0.0106. The van der Waals surface area contributed by atoms with Crippen LogP contribution in [0.1, 0.15) is 16.1 Å². The van der Waals surface area contributed by atoms with Gasteiger partial charge in [0.15, 0.2) is 5.69 Å². The number of ketones is 1. The lowest BCUT2D eigenvalue weighted by Gasteiger charge is -2.05. The smallest absolute Gasteiger partial charge is 0.282 e. The summed E-state index contributed by atoms with van der Waals surface area (Å²) < 4.78 is 37.8. The van der Waals surface area contributed by atoms with Crippen LogP contribution in [-0.4, -0.2) is 27.0 Å². The summed E-state index contributed by atoms with van der Waals surface area (Å²) in [6, 6.07) is 4.80. The summed E-state index contributed by atoms with van der Waals surface area (Å²) in [5.74, 6) is -2.05. The maximum absolute atomic E-state index is 12.2. The van der Waals surface area contributed by atoms with Crippen LogP contribution in [0.2, 0.25) is 10.0 Å². The molecule has 0 aliphatic carbocycles. The number of rotatable bonds is 3. The van der Waals surface area contributed by atoms with Gasteiger partial charge in [0.05, 0.1) is 12.7 Å². The monoisotopic (exact) mass is 323 g/mol. The molecule has 0 aliphatic heterocycles. The molecule has 0 saturated heterocycles. The Kier molecular flexibility index (Phi) is 4.01. The van der Waals surface area contributed by atoms with Gasteiger partial charge in [0, 0.05) is 15.6 Å². The van der Waals surface area contributed by atoms with Gasteiger partial charge in [-0.1, -0.05) is 34.5 Å². The van der Waals surface area contributed by atoms with E-state index in [4.69, 9.17) is 23.2 Å². The molecule has 4 nitrogen and oxygen atoms in total. The van der Waals surface area contributed by atoms with Gasteiger partial charge in [-0.2, -0.15) is 13.2 Å². The molecule has 2 aromatic rings. The van der Waals surface area contributed by atoms with Crippen molar-refractivity contribution in [3.63, 3.8) is 0 Å². The SMILES string of the molecule is O=C(c1cn(Cc2c(Cl)cccc2Cl)nn1)C(F)(F)F. The minimum atomic E-state index is -4.98. The van der Waals surface area contributed by atoms with E-state index in [0.29, 0.717) is 15.6 Å². The summed E-state index contributed by atoms with van der Waals surface area (Å²) in [5, 5.41) is 7.34. The molecule has 0 fully saturated rings. The first-order chi connectivity index (χ1) is 9.29. The largest absolute Gasteiger partial charge is 0.456 e. The zero-order valence-corrected chi connectivity index (χ0v) is 11.2. The number of nitrogens with zero attached hydrogens (tertiary/aromatic N) is 3. The molecule has 0 saturated carbocycles. The van der Waals surface area contributed by atoms with E-state index in [0.717, 1.165) is 10.9 Å². The van der Waals surface area contributed by atoms with Gasteiger partial charge in [-0.05, 0) is 12.1 Å². The summed E-state index contributed by atoms with van der Waals surface area (Å²) in [5.41, 5.74) is -0.299. The zero-order valence-electron chi connectivity index (χ0n) is 9.66. The van der Waals surface area contributed by atoms with E-state index in [2.05, 4.69) is 10.3 Å². The predicted octanol–water partition coefficient (Wildman–Crippen LogP) is 3.38. The van der Waals surface area contributed by atoms with E-state index in [1.807, 2.05) is 0 Å². The molecular formula is C11H6Cl2F3N3O. The van der Waals surface area contributed by atoms with Crippen molar-refractivity contribution >= 4 is 29.0 Å². The second-order valence-corrected chi connectivity index (χ2v) is 4.64. The van der Waals surface area contributed by atoms with Crippen LogP contribution in [0.25, 0.3) is 0 Å². The van der Waals surface area contributed by atoms with Gasteiger partial charge in [0.1, 0.15) is 0 Å². The van der Waals surface area contributed by atoms with Crippen LogP contribution in [0.5, 0.6) is 0 Å². The van der Waals surface area contributed by atoms with E-state index in [-0.39, 0.29) is 6.54 Å². The Bertz CT molecular complexity index is 634. The molecule has 1 aromatic heterocycles. The fraction of sp³-hybridized carbons (Fsp3) is 0.182. The Hall–Kier alpha value is -1.60. The Morgan fingerprint density at radius 2 is 1.85 bits per heavy atom. The molecular weight excluding hydrogens is 318 g/mol. The number of carbonyl (C=O) groups is 1. The van der Waals surface area contributed by atoms with E-state index in [9.17, 15) is 18.0 Å². The zero-order chi connectivity index (χ0) is 14.9. The maximum Gasteiger partial charge on any atom is 0.456 e. The van der Waals surface area contributed by atoms with Gasteiger partial charge in [0.2, 0.25) is 0 Å². The highest BCUT2D eigenvalue weighted by Gasteiger charge is 2.41. The number of hydrogen-bond acceptors (Lipinski definition) is 3. The van der Waals surface area contributed by atoms with Crippen molar-refractivity contribution in [3.05, 3.63) is 45.7 Å². The normalized spacial score (nSPS) is 11.7. The summed E-state index contributed by atoms with van der Waals surface area (Å²) in [6.45, 7) is 0.0106. The molecule has 106 valence electrons. The highest BCUT2D eigenvalue weighted by atomic mass is 35.5. The van der Waals surface area contributed by atoms with Gasteiger partial charge in [-0.3, -0.25) is 4.79 Å². The molecule has 0 bridgehead atoms. The maximum atomic E-state index is 12.2. The van der Waals surface area contributed by atoms with Crippen molar-refractivity contribution in [2.45, 2.75) is 12.7 Å². The lowest BCUT2D eigenvalue weighted by Crippen LogP contribution is -2.23. The Morgan fingerprint density at radius 3 is 2.40 bits per heavy atom. The van der Waals surface area contributed by atoms with Crippen LogP contribution in [0.15, 0.2) is 24.4 Å². The van der Waals surface area contributed by atoms with E-state index >= 15 is 0 Å². The van der Waals surface area contributed by atoms with Crippen LogP contribution in [0, 0.1) is 0 Å². The van der Waals surface area contributed by atoms with Crippen LogP contribution in [0.3, 0.4) is 0 Å². The molecule has 20 heavy (non-hydrogen) atoms. The lowest BCUT2D eigenvalue weighted by molar-refractivity contribution is -0.0888. The summed E-state index contributed by atoms with van der Waals surface area (Å²) in [7, 11) is 0. The van der Waals surface area contributed by atoms with E-state index < -0.39 is 17.7 Å². The van der Waals surface area contributed by atoms with Crippen LogP contribution >= 0.6 is 23.2 Å². The fourth-order valence-corrected chi connectivity index (χ4v) is 1.99. The molecule has 0 atom stereocenters. The molecule has 0 radical (unpaired) electrons. The molecule has 0 aliphatic rings. The van der Waals surface area contributed by atoms with Crippen LogP contribution in [-0.2, 0) is 6.54 Å². The first-order valence-corrected chi connectivity index (χ1v) is 5.99. The first-order valence-electron chi connectivity index (χ1n) is 5.23. The van der Waals surface area contributed by atoms with Crippen molar-refractivity contribution < 1.29 is 18.0 Å². The Balaban J connectivity index is 2.25. The summed E-state index contributed by atoms with van der Waals surface area (Å²) in [6.07, 6.45) is -4.08. The summed E-state index contributed by atoms with van der Waals surface area (Å²) >= 11 is 11.9. The highest BCUT2D eigenvalue weighted by Crippen LogP contribution is 2.25. The second-order valence-electron chi connectivity index (χ2n) is 3.83. The average molecular weight is 324 g/mol. The van der Waals surface area contributed by atoms with E-state index in [1.54, 1.807) is 18.2 Å². The first kappa shape index (κ1) is 14.8. The molecule has 9 heteroatoms. The molecule has 0 N–H and O–H groups in total. The molecule has 1 aromatic carbocycles. The fourth-order valence-electron chi connectivity index (χ4n) is 1.47. The highest BCUT2D eigenvalue weighted by molar-refractivity contribution is 6.35. The third kappa shape index (κ3) is 3.10. The number of hydrogen-bond donors (Lipinski definition) is 0. The quantitative estimate of drug-likeness (QED) is 0.813. The van der Waals surface area contributed by atoms with Crippen molar-refractivity contribution in [3.8, 4) is 0 Å². The third-order valence-corrected chi connectivity index (χ3v) is 3.12. The van der Waals surface area contributed by atoms with Crippen molar-refractivity contribution in [2.75, 3.05) is 0 Å². The standard InChI is InChI=1S/C11H6Cl2F3N3O/c12-7-2-1-3-8(13)6(7)4-19-5-9(17-18-19)10(20)11(14,15)16/h1-3,5H,4H2. The minimum Gasteiger partial charge on any atom is -0.282 e. The number of benzene rings is 1. The predicted molar refractivity (Wildman–Crippen MR) is 66.0 cm³/mol. The van der Waals surface area contributed by atoms with Crippen molar-refractivity contribution in [2.24, 2.45) is 0 Å². The molecule has 1 heterocycles. The molecule has 0 unspecified atom stereocenters. The Labute approximate surface area is 121 Å². The Morgan fingerprint density at radius 1 is 1.25 bits per heavy atom. The van der Waals surface area contributed by atoms with Crippen molar-refractivity contribution in [1.29, 1.82) is 0 Å². The topological polar surface area (TPSA) is 47.8 Å². The van der Waals surface area contributed by atoms with Gasteiger partial charge in [-0.15, -0.1) is 5.10 Å². The van der Waals surface area contributed by atoms with Crippen LogP contribution < -0.4 is 0 Å². The molecule has 0 amide bonds. The second kappa shape index (κ2) is 5.41. The van der Waals surface area contributed by atoms with Gasteiger partial charge >= 0.3 is 6.18 Å².